The van der Waals surface area contributed by atoms with Crippen LogP contribution >= 0.6 is 35.0 Å². The molecule has 0 radical (unpaired) electrons. The summed E-state index contributed by atoms with van der Waals surface area (Å²) in [5.41, 5.74) is 5.64. The van der Waals surface area contributed by atoms with E-state index in [9.17, 15) is 4.79 Å². The van der Waals surface area contributed by atoms with Crippen LogP contribution in [0.3, 0.4) is 0 Å². The quantitative estimate of drug-likeness (QED) is 0.585. The monoisotopic (exact) mass is 417 g/mol. The van der Waals surface area contributed by atoms with E-state index in [4.69, 9.17) is 28.3 Å². The first-order valence-corrected chi connectivity index (χ1v) is 10.4. The summed E-state index contributed by atoms with van der Waals surface area (Å²) in [5.74, 6) is 2.06. The molecule has 3 aromatic rings. The Bertz CT molecular complexity index is 1060. The van der Waals surface area contributed by atoms with Crippen LogP contribution in [0, 0.1) is 13.8 Å². The molecule has 2 aromatic carbocycles. The first-order chi connectivity index (χ1) is 12.9. The van der Waals surface area contributed by atoms with Crippen LogP contribution < -0.4 is 5.32 Å². The fraction of sp³-hybridized carbons (Fsp3) is 0.200. The summed E-state index contributed by atoms with van der Waals surface area (Å²) >= 11 is 14.0. The summed E-state index contributed by atoms with van der Waals surface area (Å²) in [6, 6.07) is 11.0. The van der Waals surface area contributed by atoms with Gasteiger partial charge < -0.3 is 5.32 Å². The van der Waals surface area contributed by atoms with Gasteiger partial charge in [0.15, 0.2) is 0 Å². The number of carbonyl (C=O) groups excluding carboxylic acids is 1. The molecule has 1 N–H and O–H groups in total. The zero-order valence-electron chi connectivity index (χ0n) is 14.8. The van der Waals surface area contributed by atoms with E-state index in [1.165, 1.54) is 5.56 Å². The van der Waals surface area contributed by atoms with E-state index in [0.717, 1.165) is 34.0 Å². The molecule has 0 fully saturated rings. The Morgan fingerprint density at radius 2 is 1.96 bits per heavy atom. The van der Waals surface area contributed by atoms with Crippen molar-refractivity contribution in [1.29, 1.82) is 0 Å². The van der Waals surface area contributed by atoms with Crippen molar-refractivity contribution in [3.05, 3.63) is 74.4 Å². The SMILES string of the molecule is Cc1ccc(-n2nc3c(c2NC(=O)c2cc(Cl)ccc2Cl)CSC3)c(C)c1. The molecule has 0 spiro atoms. The molecule has 0 bridgehead atoms. The highest BCUT2D eigenvalue weighted by Crippen LogP contribution is 2.37. The first-order valence-electron chi connectivity index (χ1n) is 8.46. The molecule has 4 nitrogen and oxygen atoms in total. The van der Waals surface area contributed by atoms with Crippen LogP contribution in [0.25, 0.3) is 5.69 Å². The number of aryl methyl sites for hydroxylation is 2. The number of rotatable bonds is 3. The minimum atomic E-state index is -0.298. The summed E-state index contributed by atoms with van der Waals surface area (Å²) in [6.45, 7) is 4.10. The molecule has 1 aliphatic rings. The summed E-state index contributed by atoms with van der Waals surface area (Å²) in [6.07, 6.45) is 0. The number of amides is 1. The van der Waals surface area contributed by atoms with Crippen molar-refractivity contribution < 1.29 is 4.79 Å². The zero-order chi connectivity index (χ0) is 19.1. The molecule has 27 heavy (non-hydrogen) atoms. The summed E-state index contributed by atoms with van der Waals surface area (Å²) in [5, 5.41) is 8.61. The lowest BCUT2D eigenvalue weighted by molar-refractivity contribution is 0.102. The van der Waals surface area contributed by atoms with Gasteiger partial charge in [-0.25, -0.2) is 4.68 Å². The van der Waals surface area contributed by atoms with E-state index in [-0.39, 0.29) is 5.91 Å². The molecule has 7 heteroatoms. The zero-order valence-corrected chi connectivity index (χ0v) is 17.2. The number of nitrogens with one attached hydrogen (secondary N) is 1. The highest BCUT2D eigenvalue weighted by Gasteiger charge is 2.26. The number of carbonyl (C=O) groups is 1. The second kappa shape index (κ2) is 7.23. The molecule has 4 rings (SSSR count). The Hall–Kier alpha value is -1.95. The van der Waals surface area contributed by atoms with Crippen molar-refractivity contribution in [2.75, 3.05) is 5.32 Å². The average Bonchev–Trinajstić information content (AvgIpc) is 3.20. The molecule has 1 aliphatic heterocycles. The summed E-state index contributed by atoms with van der Waals surface area (Å²) in [4.78, 5) is 12.9. The van der Waals surface area contributed by atoms with Gasteiger partial charge >= 0.3 is 0 Å². The second-order valence-corrected chi connectivity index (χ2v) is 8.38. The highest BCUT2D eigenvalue weighted by atomic mass is 35.5. The Morgan fingerprint density at radius 1 is 1.15 bits per heavy atom. The number of fused-ring (bicyclic) bond motifs is 1. The third kappa shape index (κ3) is 3.47. The van der Waals surface area contributed by atoms with Gasteiger partial charge in [-0.3, -0.25) is 4.79 Å². The average molecular weight is 418 g/mol. The smallest absolute Gasteiger partial charge is 0.258 e. The lowest BCUT2D eigenvalue weighted by Gasteiger charge is -2.14. The Kier molecular flexibility index (Phi) is 4.93. The van der Waals surface area contributed by atoms with E-state index in [1.54, 1.807) is 30.0 Å². The predicted octanol–water partition coefficient (Wildman–Crippen LogP) is 5.80. The van der Waals surface area contributed by atoms with Crippen molar-refractivity contribution >= 4 is 46.7 Å². The van der Waals surface area contributed by atoms with Crippen LogP contribution in [0.15, 0.2) is 36.4 Å². The van der Waals surface area contributed by atoms with Gasteiger partial charge in [0.25, 0.3) is 5.91 Å². The molecule has 1 amide bonds. The molecular formula is C20H17Cl2N3OS. The highest BCUT2D eigenvalue weighted by molar-refractivity contribution is 7.98. The molecule has 138 valence electrons. The number of aromatic nitrogens is 2. The molecule has 0 saturated carbocycles. The molecule has 0 atom stereocenters. The predicted molar refractivity (Wildman–Crippen MR) is 112 cm³/mol. The van der Waals surface area contributed by atoms with E-state index in [1.807, 2.05) is 23.7 Å². The fourth-order valence-electron chi connectivity index (χ4n) is 3.21. The summed E-state index contributed by atoms with van der Waals surface area (Å²) in [7, 11) is 0. The van der Waals surface area contributed by atoms with Crippen LogP contribution in [0.1, 0.15) is 32.7 Å². The molecular weight excluding hydrogens is 401 g/mol. The van der Waals surface area contributed by atoms with Gasteiger partial charge in [-0.2, -0.15) is 16.9 Å². The van der Waals surface area contributed by atoms with Crippen LogP contribution in [-0.4, -0.2) is 15.7 Å². The maximum absolute atomic E-state index is 12.9. The number of anilines is 1. The van der Waals surface area contributed by atoms with Crippen molar-refractivity contribution in [3.8, 4) is 5.69 Å². The maximum Gasteiger partial charge on any atom is 0.258 e. The van der Waals surface area contributed by atoms with Gasteiger partial charge in [-0.05, 0) is 43.7 Å². The van der Waals surface area contributed by atoms with Gasteiger partial charge in [0.05, 0.1) is 22.0 Å². The number of thioether (sulfide) groups is 1. The second-order valence-electron chi connectivity index (χ2n) is 6.55. The van der Waals surface area contributed by atoms with Crippen molar-refractivity contribution in [1.82, 2.24) is 9.78 Å². The van der Waals surface area contributed by atoms with Gasteiger partial charge in [0, 0.05) is 22.1 Å². The lowest BCUT2D eigenvalue weighted by atomic mass is 10.1. The van der Waals surface area contributed by atoms with E-state index >= 15 is 0 Å². The normalized spacial score (nSPS) is 12.9. The Labute approximate surface area is 171 Å². The third-order valence-electron chi connectivity index (χ3n) is 4.54. The largest absolute Gasteiger partial charge is 0.306 e. The van der Waals surface area contributed by atoms with E-state index in [2.05, 4.69) is 18.3 Å². The molecule has 1 aromatic heterocycles. The number of benzene rings is 2. The Balaban J connectivity index is 1.78. The van der Waals surface area contributed by atoms with Crippen molar-refractivity contribution in [2.45, 2.75) is 25.4 Å². The molecule has 0 unspecified atom stereocenters. The van der Waals surface area contributed by atoms with Gasteiger partial charge in [0.1, 0.15) is 5.82 Å². The topological polar surface area (TPSA) is 46.9 Å². The van der Waals surface area contributed by atoms with E-state index < -0.39 is 0 Å². The number of hydrogen-bond acceptors (Lipinski definition) is 3. The van der Waals surface area contributed by atoms with Gasteiger partial charge in [-0.1, -0.05) is 40.9 Å². The fourth-order valence-corrected chi connectivity index (χ4v) is 4.62. The summed E-state index contributed by atoms with van der Waals surface area (Å²) < 4.78 is 1.83. The minimum absolute atomic E-state index is 0.298. The Morgan fingerprint density at radius 3 is 2.74 bits per heavy atom. The number of halogens is 2. The van der Waals surface area contributed by atoms with Crippen LogP contribution in [0.2, 0.25) is 10.0 Å². The van der Waals surface area contributed by atoms with Crippen LogP contribution in [-0.2, 0) is 11.5 Å². The lowest BCUT2D eigenvalue weighted by Crippen LogP contribution is -2.17. The standard InChI is InChI=1S/C20H17Cl2N3OS/c1-11-3-6-18(12(2)7-11)25-19(15-9-27-10-17(15)24-25)23-20(26)14-8-13(21)4-5-16(14)22/h3-8H,9-10H2,1-2H3,(H,23,26). The van der Waals surface area contributed by atoms with Gasteiger partial charge in [-0.15, -0.1) is 0 Å². The van der Waals surface area contributed by atoms with Gasteiger partial charge in [0.2, 0.25) is 0 Å². The first kappa shape index (κ1) is 18.4. The van der Waals surface area contributed by atoms with Crippen molar-refractivity contribution in [2.24, 2.45) is 0 Å². The maximum atomic E-state index is 12.9. The third-order valence-corrected chi connectivity index (χ3v) is 6.07. The van der Waals surface area contributed by atoms with Crippen LogP contribution in [0.5, 0.6) is 0 Å². The van der Waals surface area contributed by atoms with Crippen molar-refractivity contribution in [3.63, 3.8) is 0 Å². The minimum Gasteiger partial charge on any atom is -0.306 e. The number of nitrogens with zero attached hydrogens (tertiary/aromatic N) is 2. The van der Waals surface area contributed by atoms with E-state index in [0.29, 0.717) is 21.4 Å². The number of hydrogen-bond donors (Lipinski definition) is 1. The molecule has 0 aliphatic carbocycles. The van der Waals surface area contributed by atoms with Crippen LogP contribution in [0.4, 0.5) is 5.82 Å². The molecule has 2 heterocycles. The molecule has 0 saturated heterocycles.